The van der Waals surface area contributed by atoms with E-state index in [0.29, 0.717) is 6.61 Å². The molecule has 0 atom stereocenters. The maximum atomic E-state index is 6.48. The predicted molar refractivity (Wildman–Crippen MR) is 107 cm³/mol. The summed E-state index contributed by atoms with van der Waals surface area (Å²) in [5.74, 6) is 0. The van der Waals surface area contributed by atoms with Crippen molar-refractivity contribution in [1.29, 1.82) is 0 Å². The van der Waals surface area contributed by atoms with Gasteiger partial charge in [0.1, 0.15) is 0 Å². The third kappa shape index (κ3) is 7.80. The summed E-state index contributed by atoms with van der Waals surface area (Å²) < 4.78 is 11.6. The van der Waals surface area contributed by atoms with Crippen LogP contribution in [0.1, 0.15) is 58.9 Å². The molecule has 0 aliphatic rings. The molecule has 0 amide bonds. The Balaban J connectivity index is 2.85. The van der Waals surface area contributed by atoms with Gasteiger partial charge in [-0.05, 0) is 43.4 Å². The fourth-order valence-electron chi connectivity index (χ4n) is 2.65. The Labute approximate surface area is 155 Å². The molecule has 0 fully saturated rings. The summed E-state index contributed by atoms with van der Waals surface area (Å²) >= 11 is 5.99. The molecule has 1 aromatic rings. The van der Waals surface area contributed by atoms with E-state index >= 15 is 0 Å². The smallest absolute Gasteiger partial charge is 0.188 e. The van der Waals surface area contributed by atoms with E-state index in [0.717, 1.165) is 56.9 Å². The first-order valence-electron chi connectivity index (χ1n) is 9.33. The summed E-state index contributed by atoms with van der Waals surface area (Å²) in [4.78, 5) is 0. The fourth-order valence-corrected chi connectivity index (χ4v) is 5.21. The van der Waals surface area contributed by atoms with Crippen LogP contribution < -0.4 is 0 Å². The SMILES string of the molecule is CCCN(CCC)P(OCc1ccc(Cl)cc1)N(CCC)CCC. The van der Waals surface area contributed by atoms with Gasteiger partial charge < -0.3 is 4.52 Å². The first-order valence-corrected chi connectivity index (χ1v) is 10.9. The van der Waals surface area contributed by atoms with Crippen molar-refractivity contribution < 1.29 is 4.52 Å². The van der Waals surface area contributed by atoms with Gasteiger partial charge in [-0.1, -0.05) is 51.4 Å². The maximum Gasteiger partial charge on any atom is 0.188 e. The number of hydrogen-bond acceptors (Lipinski definition) is 3. The van der Waals surface area contributed by atoms with E-state index in [-0.39, 0.29) is 0 Å². The maximum absolute atomic E-state index is 6.48. The highest BCUT2D eigenvalue weighted by atomic mass is 35.5. The third-order valence-corrected chi connectivity index (χ3v) is 6.05. The highest BCUT2D eigenvalue weighted by Gasteiger charge is 2.25. The largest absolute Gasteiger partial charge is 0.327 e. The molecule has 5 heteroatoms. The molecule has 1 aromatic carbocycles. The van der Waals surface area contributed by atoms with Gasteiger partial charge in [0.25, 0.3) is 0 Å². The minimum atomic E-state index is -0.709. The zero-order valence-electron chi connectivity index (χ0n) is 15.8. The van der Waals surface area contributed by atoms with Gasteiger partial charge in [0.15, 0.2) is 8.45 Å². The van der Waals surface area contributed by atoms with Gasteiger partial charge in [-0.25, -0.2) is 9.34 Å². The molecule has 0 saturated heterocycles. The Hall–Kier alpha value is -0.180. The van der Waals surface area contributed by atoms with Crippen LogP contribution in [0.3, 0.4) is 0 Å². The molecular formula is C19H34ClN2OP. The van der Waals surface area contributed by atoms with Crippen LogP contribution in [0.15, 0.2) is 24.3 Å². The first-order chi connectivity index (χ1) is 11.7. The quantitative estimate of drug-likeness (QED) is 0.376. The Morgan fingerprint density at radius 3 is 1.58 bits per heavy atom. The second-order valence-corrected chi connectivity index (χ2v) is 8.39. The van der Waals surface area contributed by atoms with Crippen LogP contribution in [-0.2, 0) is 11.1 Å². The second-order valence-electron chi connectivity index (χ2n) is 6.06. The van der Waals surface area contributed by atoms with Gasteiger partial charge >= 0.3 is 0 Å². The highest BCUT2D eigenvalue weighted by molar-refractivity contribution is 7.47. The molecule has 0 aliphatic heterocycles. The van der Waals surface area contributed by atoms with E-state index in [2.05, 4.69) is 49.2 Å². The van der Waals surface area contributed by atoms with Crippen molar-refractivity contribution in [3.63, 3.8) is 0 Å². The van der Waals surface area contributed by atoms with E-state index in [1.807, 2.05) is 12.1 Å². The topological polar surface area (TPSA) is 15.7 Å². The first kappa shape index (κ1) is 21.9. The van der Waals surface area contributed by atoms with Crippen LogP contribution >= 0.6 is 20.1 Å². The van der Waals surface area contributed by atoms with Gasteiger partial charge in [-0.15, -0.1) is 0 Å². The minimum absolute atomic E-state index is 0.650. The molecule has 0 N–H and O–H groups in total. The summed E-state index contributed by atoms with van der Waals surface area (Å²) in [5, 5.41) is 0.776. The Kier molecular flexibility index (Phi) is 11.9. The normalized spacial score (nSPS) is 11.8. The summed E-state index contributed by atoms with van der Waals surface area (Å²) in [6.45, 7) is 14.1. The van der Waals surface area contributed by atoms with Crippen molar-refractivity contribution in [1.82, 2.24) is 9.34 Å². The summed E-state index contributed by atoms with van der Waals surface area (Å²) in [6, 6.07) is 8.00. The van der Waals surface area contributed by atoms with Crippen LogP contribution in [0, 0.1) is 0 Å². The van der Waals surface area contributed by atoms with Gasteiger partial charge in [-0.2, -0.15) is 0 Å². The third-order valence-electron chi connectivity index (χ3n) is 3.67. The lowest BCUT2D eigenvalue weighted by Gasteiger charge is -2.38. The molecule has 3 nitrogen and oxygen atoms in total. The number of nitrogens with zero attached hydrogens (tertiary/aromatic N) is 2. The van der Waals surface area contributed by atoms with Crippen LogP contribution in [0.25, 0.3) is 0 Å². The van der Waals surface area contributed by atoms with Crippen molar-refractivity contribution in [2.45, 2.75) is 60.0 Å². The molecule has 0 aromatic heterocycles. The Morgan fingerprint density at radius 2 is 1.21 bits per heavy atom. The molecule has 138 valence electrons. The molecule has 1 rings (SSSR count). The standard InChI is InChI=1S/C19H34ClN2OP/c1-5-13-21(14-6-2)24(22(15-7-3)16-8-4)23-17-18-9-11-19(20)12-10-18/h9-12H,5-8,13-17H2,1-4H3. The molecular weight excluding hydrogens is 339 g/mol. The Morgan fingerprint density at radius 1 is 0.792 bits per heavy atom. The van der Waals surface area contributed by atoms with Gasteiger partial charge in [0.05, 0.1) is 6.61 Å². The number of benzene rings is 1. The molecule has 24 heavy (non-hydrogen) atoms. The van der Waals surface area contributed by atoms with Crippen molar-refractivity contribution in [3.8, 4) is 0 Å². The zero-order chi connectivity index (χ0) is 17.8. The second kappa shape index (κ2) is 13.1. The van der Waals surface area contributed by atoms with E-state index in [1.54, 1.807) is 0 Å². The van der Waals surface area contributed by atoms with E-state index < -0.39 is 8.45 Å². The molecule has 0 saturated carbocycles. The van der Waals surface area contributed by atoms with E-state index in [9.17, 15) is 0 Å². The number of halogens is 1. The summed E-state index contributed by atoms with van der Waals surface area (Å²) in [6.07, 6.45) is 4.65. The van der Waals surface area contributed by atoms with Crippen LogP contribution in [0.4, 0.5) is 0 Å². The van der Waals surface area contributed by atoms with Crippen molar-refractivity contribution in [3.05, 3.63) is 34.9 Å². The van der Waals surface area contributed by atoms with E-state index in [1.165, 1.54) is 5.56 Å². The van der Waals surface area contributed by atoms with E-state index in [4.69, 9.17) is 16.1 Å². The van der Waals surface area contributed by atoms with Crippen LogP contribution in [-0.4, -0.2) is 35.5 Å². The number of hydrogen-bond donors (Lipinski definition) is 0. The molecule has 0 unspecified atom stereocenters. The van der Waals surface area contributed by atoms with Crippen molar-refractivity contribution in [2.75, 3.05) is 26.2 Å². The highest BCUT2D eigenvalue weighted by Crippen LogP contribution is 2.46. The molecule has 0 radical (unpaired) electrons. The van der Waals surface area contributed by atoms with Gasteiger partial charge in [-0.3, -0.25) is 0 Å². The summed E-state index contributed by atoms with van der Waals surface area (Å²) in [5.41, 5.74) is 1.19. The lowest BCUT2D eigenvalue weighted by Crippen LogP contribution is -2.32. The average molecular weight is 373 g/mol. The van der Waals surface area contributed by atoms with Crippen LogP contribution in [0.2, 0.25) is 5.02 Å². The lowest BCUT2D eigenvalue weighted by atomic mass is 10.2. The van der Waals surface area contributed by atoms with Crippen LogP contribution in [0.5, 0.6) is 0 Å². The minimum Gasteiger partial charge on any atom is -0.327 e. The molecule has 0 aliphatic carbocycles. The average Bonchev–Trinajstić information content (AvgIpc) is 2.57. The lowest BCUT2D eigenvalue weighted by molar-refractivity contribution is 0.244. The van der Waals surface area contributed by atoms with Gasteiger partial charge in [0.2, 0.25) is 0 Å². The molecule has 0 heterocycles. The van der Waals surface area contributed by atoms with Crippen molar-refractivity contribution >= 4 is 20.1 Å². The van der Waals surface area contributed by atoms with Crippen molar-refractivity contribution in [2.24, 2.45) is 0 Å². The monoisotopic (exact) mass is 372 g/mol. The summed E-state index contributed by atoms with van der Waals surface area (Å²) in [7, 11) is -0.709. The zero-order valence-corrected chi connectivity index (χ0v) is 17.5. The fraction of sp³-hybridized carbons (Fsp3) is 0.684. The Bertz CT molecular complexity index is 402. The number of rotatable bonds is 13. The van der Waals surface area contributed by atoms with Gasteiger partial charge in [0, 0.05) is 31.2 Å². The molecule has 0 bridgehead atoms. The molecule has 0 spiro atoms. The predicted octanol–water partition coefficient (Wildman–Crippen LogP) is 6.33.